The largest absolute Gasteiger partial charge is 0.508 e. The Morgan fingerprint density at radius 1 is 0.961 bits per heavy atom. The molecular weight excluding hydrogens is 642 g/mol. The number of aromatic hydroxyl groups is 1. The summed E-state index contributed by atoms with van der Waals surface area (Å²) in [4.78, 5) is 36.4. The number of fused-ring (bicyclic) bond motifs is 1. The first-order chi connectivity index (χ1) is 24.2. The lowest BCUT2D eigenvalue weighted by Crippen LogP contribution is -2.42. The van der Waals surface area contributed by atoms with E-state index in [1.807, 2.05) is 45.0 Å². The fourth-order valence-electron chi connectivity index (χ4n) is 7.74. The molecule has 0 spiro atoms. The molecule has 1 heterocycles. The third-order valence-electron chi connectivity index (χ3n) is 12.3. The van der Waals surface area contributed by atoms with Gasteiger partial charge in [0.1, 0.15) is 23.6 Å². The Morgan fingerprint density at radius 3 is 2.00 bits per heavy atom. The molecule has 2 aromatic rings. The summed E-state index contributed by atoms with van der Waals surface area (Å²) in [6.45, 7) is 16.5. The van der Waals surface area contributed by atoms with Gasteiger partial charge < -0.3 is 19.3 Å². The van der Waals surface area contributed by atoms with Crippen molar-refractivity contribution in [3.8, 4) is 11.8 Å². The summed E-state index contributed by atoms with van der Waals surface area (Å²) in [5.41, 5.74) is 1.55. The molecule has 8 heteroatoms. The number of carbonyl (C=O) groups is 3. The number of hydrogen-bond donors (Lipinski definition) is 1. The van der Waals surface area contributed by atoms with E-state index in [1.54, 1.807) is 12.1 Å². The molecule has 3 aliphatic carbocycles. The van der Waals surface area contributed by atoms with E-state index in [9.17, 15) is 19.6 Å². The number of hydrogen-bond acceptors (Lipinski definition) is 8. The first-order valence-corrected chi connectivity index (χ1v) is 19.1. The molecular formula is C43H59NO7. The van der Waals surface area contributed by atoms with Gasteiger partial charge in [0, 0.05) is 11.8 Å². The molecule has 3 saturated carbocycles. The van der Waals surface area contributed by atoms with Crippen LogP contribution in [-0.2, 0) is 23.8 Å². The zero-order valence-corrected chi connectivity index (χ0v) is 32.0. The van der Waals surface area contributed by atoms with Crippen molar-refractivity contribution in [1.82, 2.24) is 0 Å². The van der Waals surface area contributed by atoms with E-state index in [4.69, 9.17) is 19.3 Å². The van der Waals surface area contributed by atoms with Gasteiger partial charge >= 0.3 is 17.9 Å². The second-order valence-electron chi connectivity index (χ2n) is 15.8. The summed E-state index contributed by atoms with van der Waals surface area (Å²) in [5, 5.41) is 18.3. The van der Waals surface area contributed by atoms with Gasteiger partial charge in [-0.05, 0) is 125 Å². The Bertz CT molecular complexity index is 1540. The van der Waals surface area contributed by atoms with Crippen LogP contribution in [0.2, 0.25) is 0 Å². The summed E-state index contributed by atoms with van der Waals surface area (Å²) in [6, 6.07) is 17.5. The molecule has 4 aliphatic rings. The smallest absolute Gasteiger partial charge is 0.338 e. The van der Waals surface area contributed by atoms with Gasteiger partial charge in [-0.15, -0.1) is 0 Å². The molecule has 8 nitrogen and oxygen atoms in total. The molecule has 7 atom stereocenters. The minimum absolute atomic E-state index is 0.0766. The molecule has 278 valence electrons. The van der Waals surface area contributed by atoms with Crippen molar-refractivity contribution < 1.29 is 33.7 Å². The predicted molar refractivity (Wildman–Crippen MR) is 197 cm³/mol. The van der Waals surface area contributed by atoms with E-state index in [0.29, 0.717) is 36.0 Å². The van der Waals surface area contributed by atoms with E-state index in [-0.39, 0.29) is 35.5 Å². The molecule has 1 saturated heterocycles. The minimum atomic E-state index is -0.974. The average molecular weight is 702 g/mol. The van der Waals surface area contributed by atoms with Crippen molar-refractivity contribution in [2.24, 2.45) is 22.7 Å². The van der Waals surface area contributed by atoms with E-state index >= 15 is 0 Å². The molecule has 0 radical (unpaired) electrons. The van der Waals surface area contributed by atoms with Crippen molar-refractivity contribution in [1.29, 1.82) is 5.26 Å². The van der Waals surface area contributed by atoms with Gasteiger partial charge in [-0.2, -0.15) is 5.26 Å². The molecule has 1 N–H and O–H groups in total. The maximum Gasteiger partial charge on any atom is 0.338 e. The molecule has 2 bridgehead atoms. The molecule has 1 aliphatic heterocycles. The highest BCUT2D eigenvalue weighted by molar-refractivity contribution is 5.89. The molecule has 51 heavy (non-hydrogen) atoms. The van der Waals surface area contributed by atoms with Crippen LogP contribution in [0.25, 0.3) is 0 Å². The first kappa shape index (κ1) is 39.9. The number of nitriles is 1. The highest BCUT2D eigenvalue weighted by Gasteiger charge is 2.72. The van der Waals surface area contributed by atoms with E-state index < -0.39 is 22.9 Å². The maximum absolute atomic E-state index is 12.3. The number of rotatable bonds is 10. The first-order valence-electron chi connectivity index (χ1n) is 19.1. The SMILES string of the molecule is CCC(C)(C)C(=O)OC1C2CC3C1OC(=O)C3(C#N)C2.CCC(C)c1ccc(C(=O)OC2(CC)CCCC2)cc1.CCC(C)c1ccc(O)cc1. The molecule has 0 aromatic heterocycles. The van der Waals surface area contributed by atoms with Gasteiger partial charge in [-0.1, -0.05) is 65.8 Å². The Morgan fingerprint density at radius 2 is 1.51 bits per heavy atom. The van der Waals surface area contributed by atoms with Crippen molar-refractivity contribution >= 4 is 17.9 Å². The molecule has 4 fully saturated rings. The standard InChI is InChI=1S/C18H26O2.C15H19NO4.C10H14O/c1-4-14(3)15-8-10-16(11-9-15)17(19)20-18(5-2)12-6-7-13-18;1-4-14(2,3)12(17)19-10-8-5-9-11(10)20-13(18)15(9,6-8)7-16;1-3-8(2)9-4-6-10(11)7-5-9/h8-11,14H,4-7,12-13H2,1-3H3;8-11H,4-6H2,1-3H3;4-8,11H,3H2,1-2H3. The van der Waals surface area contributed by atoms with E-state index in [1.165, 1.54) is 24.0 Å². The fourth-order valence-corrected chi connectivity index (χ4v) is 7.74. The summed E-state index contributed by atoms with van der Waals surface area (Å²) in [5.74, 6) is 0.614. The highest BCUT2D eigenvalue weighted by Crippen LogP contribution is 2.62. The van der Waals surface area contributed by atoms with E-state index in [2.05, 4.69) is 52.8 Å². The lowest BCUT2D eigenvalue weighted by Gasteiger charge is -2.30. The Kier molecular flexibility index (Phi) is 13.0. The van der Waals surface area contributed by atoms with Crippen LogP contribution in [-0.4, -0.2) is 40.8 Å². The average Bonchev–Trinajstić information content (AvgIpc) is 3.90. The van der Waals surface area contributed by atoms with Crippen LogP contribution in [0, 0.1) is 34.0 Å². The summed E-state index contributed by atoms with van der Waals surface area (Å²) < 4.78 is 16.8. The third kappa shape index (κ3) is 8.62. The molecule has 0 amide bonds. The third-order valence-corrected chi connectivity index (χ3v) is 12.3. The highest BCUT2D eigenvalue weighted by atomic mass is 16.6. The number of esters is 3. The van der Waals surface area contributed by atoms with Gasteiger partial charge in [-0.25, -0.2) is 4.79 Å². The molecule has 2 aromatic carbocycles. The monoisotopic (exact) mass is 701 g/mol. The van der Waals surface area contributed by atoms with E-state index in [0.717, 1.165) is 38.5 Å². The predicted octanol–water partition coefficient (Wildman–Crippen LogP) is 9.79. The zero-order valence-electron chi connectivity index (χ0n) is 32.0. The van der Waals surface area contributed by atoms with Crippen LogP contribution in [0.4, 0.5) is 0 Å². The second kappa shape index (κ2) is 16.7. The number of carbonyl (C=O) groups excluding carboxylic acids is 3. The Balaban J connectivity index is 0.000000180. The van der Waals surface area contributed by atoms with Crippen molar-refractivity contribution in [3.05, 3.63) is 65.2 Å². The number of phenols is 1. The number of ether oxygens (including phenoxy) is 3. The maximum atomic E-state index is 12.3. The minimum Gasteiger partial charge on any atom is -0.508 e. The number of nitrogens with zero attached hydrogens (tertiary/aromatic N) is 1. The quantitative estimate of drug-likeness (QED) is 0.192. The molecule has 6 rings (SSSR count). The lowest BCUT2D eigenvalue weighted by molar-refractivity contribution is -0.170. The summed E-state index contributed by atoms with van der Waals surface area (Å²) in [6.07, 6.45) is 8.67. The van der Waals surface area contributed by atoms with Crippen LogP contribution in [0.3, 0.4) is 0 Å². The fraction of sp³-hybridized carbons (Fsp3) is 0.628. The van der Waals surface area contributed by atoms with Crippen LogP contribution in [0.1, 0.15) is 153 Å². The van der Waals surface area contributed by atoms with Crippen molar-refractivity contribution in [2.45, 2.75) is 149 Å². The summed E-state index contributed by atoms with van der Waals surface area (Å²) >= 11 is 0. The Hall–Kier alpha value is -3.86. The van der Waals surface area contributed by atoms with Crippen LogP contribution in [0.15, 0.2) is 48.5 Å². The van der Waals surface area contributed by atoms with Crippen molar-refractivity contribution in [2.75, 3.05) is 0 Å². The topological polar surface area (TPSA) is 123 Å². The summed E-state index contributed by atoms with van der Waals surface area (Å²) in [7, 11) is 0. The van der Waals surface area contributed by atoms with Gasteiger partial charge in [0.25, 0.3) is 0 Å². The van der Waals surface area contributed by atoms with Crippen LogP contribution in [0.5, 0.6) is 5.75 Å². The van der Waals surface area contributed by atoms with Gasteiger partial charge in [0.05, 0.1) is 17.0 Å². The van der Waals surface area contributed by atoms with Crippen LogP contribution < -0.4 is 0 Å². The zero-order chi connectivity index (χ0) is 37.6. The van der Waals surface area contributed by atoms with Gasteiger partial charge in [0.15, 0.2) is 5.41 Å². The molecule has 7 unspecified atom stereocenters. The Labute approximate surface area is 305 Å². The number of benzene rings is 2. The normalized spacial score (nSPS) is 26.4. The van der Waals surface area contributed by atoms with Gasteiger partial charge in [0.2, 0.25) is 0 Å². The lowest BCUT2D eigenvalue weighted by atomic mass is 9.74. The van der Waals surface area contributed by atoms with Gasteiger partial charge in [-0.3, -0.25) is 9.59 Å². The second-order valence-corrected chi connectivity index (χ2v) is 15.8. The van der Waals surface area contributed by atoms with Crippen LogP contribution >= 0.6 is 0 Å². The number of phenolic OH excluding ortho intramolecular Hbond substituents is 1. The van der Waals surface area contributed by atoms with Crippen molar-refractivity contribution in [3.63, 3.8) is 0 Å².